The van der Waals surface area contributed by atoms with Gasteiger partial charge in [0.15, 0.2) is 17.3 Å². The third-order valence-corrected chi connectivity index (χ3v) is 8.19. The van der Waals surface area contributed by atoms with Gasteiger partial charge in [-0.05, 0) is 59.2 Å². The van der Waals surface area contributed by atoms with E-state index in [4.69, 9.17) is 28.4 Å². The van der Waals surface area contributed by atoms with Gasteiger partial charge in [-0.15, -0.1) is 0 Å². The summed E-state index contributed by atoms with van der Waals surface area (Å²) in [4.78, 5) is 26.3. The number of ether oxygens (including phenoxy) is 6. The first-order chi connectivity index (χ1) is 21.5. The molecular weight excluding hydrogens is 560 g/mol. The Kier molecular flexibility index (Phi) is 7.18. The van der Waals surface area contributed by atoms with Crippen LogP contribution in [-0.2, 0) is 17.6 Å². The van der Waals surface area contributed by atoms with E-state index < -0.39 is 5.92 Å². The van der Waals surface area contributed by atoms with Crippen molar-refractivity contribution in [2.45, 2.75) is 25.2 Å². The van der Waals surface area contributed by atoms with Gasteiger partial charge in [0.2, 0.25) is 5.78 Å². The Morgan fingerprint density at radius 2 is 1.75 bits per heavy atom. The van der Waals surface area contributed by atoms with Crippen LogP contribution in [0.2, 0.25) is 0 Å². The molecule has 4 aromatic rings. The third-order valence-electron chi connectivity index (χ3n) is 8.19. The minimum Gasteiger partial charge on any atom is -0.497 e. The number of para-hydroxylation sites is 1. The number of esters is 1. The molecule has 1 atom stereocenters. The molecule has 8 heteroatoms. The quantitative estimate of drug-likeness (QED) is 0.134. The summed E-state index contributed by atoms with van der Waals surface area (Å²) in [6.07, 6.45) is 3.33. The van der Waals surface area contributed by atoms with E-state index in [0.29, 0.717) is 59.5 Å². The van der Waals surface area contributed by atoms with E-state index in [1.54, 1.807) is 32.4 Å². The summed E-state index contributed by atoms with van der Waals surface area (Å²) >= 11 is 0. The number of hydrogen-bond donors (Lipinski definition) is 0. The Hall–Kier alpha value is -5.24. The molecule has 3 aliphatic rings. The van der Waals surface area contributed by atoms with Crippen molar-refractivity contribution in [3.05, 3.63) is 112 Å². The summed E-state index contributed by atoms with van der Waals surface area (Å²) < 4.78 is 34.9. The molecular formula is C36H30O8. The summed E-state index contributed by atoms with van der Waals surface area (Å²) in [5.74, 6) is 2.58. The number of benzene rings is 4. The van der Waals surface area contributed by atoms with Crippen molar-refractivity contribution in [2.75, 3.05) is 27.4 Å². The second-order valence-electron chi connectivity index (χ2n) is 10.8. The van der Waals surface area contributed by atoms with Gasteiger partial charge in [-0.3, -0.25) is 9.59 Å². The van der Waals surface area contributed by atoms with Crippen LogP contribution in [0, 0.1) is 0 Å². The average Bonchev–Trinajstić information content (AvgIpc) is 3.64. The number of Topliss-reactive ketones (excluding diaryl/α,β-unsaturated/α-hetero) is 1. The summed E-state index contributed by atoms with van der Waals surface area (Å²) in [5, 5.41) is 0. The standard InChI is InChI=1S/C36H30O8/c1-39-24-9-6-21(7-10-24)19-31-34(38)26-11-13-29-33(36(26)44-31)27(20-32(37)43-29)25-4-3-5-30(40-2)35(25)42-16-14-22-8-12-28-23(18-22)15-17-41-28/h3-13,18-19,27H,14-17,20H2,1-2H3/b31-19-. The van der Waals surface area contributed by atoms with Crippen LogP contribution in [0.3, 0.4) is 0 Å². The molecule has 222 valence electrons. The second kappa shape index (κ2) is 11.4. The number of hydrogen-bond acceptors (Lipinski definition) is 8. The third kappa shape index (κ3) is 5.02. The molecule has 3 aliphatic heterocycles. The molecule has 1 unspecified atom stereocenters. The van der Waals surface area contributed by atoms with Crippen LogP contribution in [0.4, 0.5) is 0 Å². The second-order valence-corrected chi connectivity index (χ2v) is 10.8. The zero-order chi connectivity index (χ0) is 30.2. The van der Waals surface area contributed by atoms with Gasteiger partial charge in [0.1, 0.15) is 23.0 Å². The van der Waals surface area contributed by atoms with Crippen LogP contribution in [0.5, 0.6) is 34.5 Å². The van der Waals surface area contributed by atoms with Crippen LogP contribution >= 0.6 is 0 Å². The zero-order valence-electron chi connectivity index (χ0n) is 24.4. The molecule has 8 nitrogen and oxygen atoms in total. The number of methoxy groups -OCH3 is 2. The van der Waals surface area contributed by atoms with Gasteiger partial charge >= 0.3 is 5.97 Å². The van der Waals surface area contributed by atoms with Crippen LogP contribution in [-0.4, -0.2) is 39.2 Å². The van der Waals surface area contributed by atoms with E-state index in [-0.39, 0.29) is 23.9 Å². The minimum atomic E-state index is -0.489. The van der Waals surface area contributed by atoms with E-state index in [9.17, 15) is 9.59 Å². The van der Waals surface area contributed by atoms with Gasteiger partial charge in [-0.25, -0.2) is 0 Å². The van der Waals surface area contributed by atoms with Crippen molar-refractivity contribution in [3.8, 4) is 34.5 Å². The highest BCUT2D eigenvalue weighted by molar-refractivity contribution is 6.15. The van der Waals surface area contributed by atoms with Gasteiger partial charge in [0, 0.05) is 29.9 Å². The number of ketones is 1. The summed E-state index contributed by atoms with van der Waals surface area (Å²) in [7, 11) is 3.19. The van der Waals surface area contributed by atoms with Gasteiger partial charge in [-0.1, -0.05) is 36.4 Å². The van der Waals surface area contributed by atoms with Crippen molar-refractivity contribution < 1.29 is 38.0 Å². The number of carbonyl (C=O) groups is 2. The lowest BCUT2D eigenvalue weighted by molar-refractivity contribution is -0.135. The molecule has 0 radical (unpaired) electrons. The first kappa shape index (κ1) is 27.6. The fraction of sp³-hybridized carbons (Fsp3) is 0.222. The molecule has 0 aromatic heterocycles. The number of fused-ring (bicyclic) bond motifs is 4. The van der Waals surface area contributed by atoms with Gasteiger partial charge < -0.3 is 28.4 Å². The normalized spacial score (nSPS) is 17.2. The Balaban J connectivity index is 1.22. The lowest BCUT2D eigenvalue weighted by Crippen LogP contribution is -2.22. The summed E-state index contributed by atoms with van der Waals surface area (Å²) in [6, 6.07) is 22.5. The predicted molar refractivity (Wildman–Crippen MR) is 162 cm³/mol. The summed E-state index contributed by atoms with van der Waals surface area (Å²) in [6.45, 7) is 1.11. The molecule has 0 bridgehead atoms. The Bertz CT molecular complexity index is 1800. The van der Waals surface area contributed by atoms with Crippen LogP contribution < -0.4 is 28.4 Å². The molecule has 0 N–H and O–H groups in total. The molecule has 3 heterocycles. The van der Waals surface area contributed by atoms with E-state index in [1.165, 1.54) is 5.56 Å². The van der Waals surface area contributed by atoms with E-state index in [1.807, 2.05) is 48.5 Å². The Morgan fingerprint density at radius 3 is 2.57 bits per heavy atom. The lowest BCUT2D eigenvalue weighted by Gasteiger charge is -2.28. The number of rotatable bonds is 8. The van der Waals surface area contributed by atoms with Crippen LogP contribution in [0.25, 0.3) is 6.08 Å². The molecule has 4 aromatic carbocycles. The smallest absolute Gasteiger partial charge is 0.312 e. The fourth-order valence-corrected chi connectivity index (χ4v) is 6.01. The molecule has 0 fully saturated rings. The molecule has 0 saturated heterocycles. The maximum atomic E-state index is 13.5. The predicted octanol–water partition coefficient (Wildman–Crippen LogP) is 6.32. The summed E-state index contributed by atoms with van der Waals surface area (Å²) in [5.41, 5.74) is 4.95. The number of allylic oxidation sites excluding steroid dienone is 1. The highest BCUT2D eigenvalue weighted by Crippen LogP contribution is 2.51. The van der Waals surface area contributed by atoms with Gasteiger partial charge in [0.25, 0.3) is 0 Å². The van der Waals surface area contributed by atoms with E-state index in [2.05, 4.69) is 12.1 Å². The molecule has 0 amide bonds. The van der Waals surface area contributed by atoms with Crippen LogP contribution in [0.1, 0.15) is 50.5 Å². The molecule has 44 heavy (non-hydrogen) atoms. The Labute approximate surface area is 254 Å². The molecule has 7 rings (SSSR count). The molecule has 0 spiro atoms. The van der Waals surface area contributed by atoms with Gasteiger partial charge in [0.05, 0.1) is 39.4 Å². The van der Waals surface area contributed by atoms with Gasteiger partial charge in [-0.2, -0.15) is 0 Å². The van der Waals surface area contributed by atoms with E-state index in [0.717, 1.165) is 28.9 Å². The van der Waals surface area contributed by atoms with Crippen molar-refractivity contribution in [3.63, 3.8) is 0 Å². The highest BCUT2D eigenvalue weighted by Gasteiger charge is 2.40. The first-order valence-electron chi connectivity index (χ1n) is 14.5. The fourth-order valence-electron chi connectivity index (χ4n) is 6.01. The topological polar surface area (TPSA) is 89.5 Å². The minimum absolute atomic E-state index is 0.0485. The van der Waals surface area contributed by atoms with Crippen molar-refractivity contribution in [1.82, 2.24) is 0 Å². The average molecular weight is 591 g/mol. The lowest BCUT2D eigenvalue weighted by atomic mass is 9.84. The van der Waals surface area contributed by atoms with Crippen molar-refractivity contribution in [2.24, 2.45) is 0 Å². The van der Waals surface area contributed by atoms with Crippen LogP contribution in [0.15, 0.2) is 78.6 Å². The SMILES string of the molecule is COc1ccc(/C=C2\Oc3c(ccc4c3C(c3cccc(OC)c3OCCc3ccc5c(c3)CCO5)CC(=O)O4)C2=O)cc1. The largest absolute Gasteiger partial charge is 0.497 e. The Morgan fingerprint density at radius 1 is 0.909 bits per heavy atom. The molecule has 0 saturated carbocycles. The zero-order valence-corrected chi connectivity index (χ0v) is 24.4. The van der Waals surface area contributed by atoms with E-state index >= 15 is 0 Å². The monoisotopic (exact) mass is 590 g/mol. The highest BCUT2D eigenvalue weighted by atomic mass is 16.5. The molecule has 0 aliphatic carbocycles. The van der Waals surface area contributed by atoms with Crippen molar-refractivity contribution >= 4 is 17.8 Å². The maximum absolute atomic E-state index is 13.5. The maximum Gasteiger partial charge on any atom is 0.312 e. The first-order valence-corrected chi connectivity index (χ1v) is 14.5. The number of carbonyl (C=O) groups excluding carboxylic acids is 2. The van der Waals surface area contributed by atoms with Crippen molar-refractivity contribution in [1.29, 1.82) is 0 Å².